The summed E-state index contributed by atoms with van der Waals surface area (Å²) in [4.78, 5) is 59.0. The molecule has 0 spiro atoms. The van der Waals surface area contributed by atoms with Gasteiger partial charge in [0.15, 0.2) is 0 Å². The van der Waals surface area contributed by atoms with Crippen molar-refractivity contribution in [1.82, 2.24) is 16.0 Å². The predicted molar refractivity (Wildman–Crippen MR) is 166 cm³/mol. The number of aromatic hydroxyl groups is 1. The molecule has 8 N–H and O–H groups in total. The number of hydrogen-bond acceptors (Lipinski definition) is 9. The molecule has 0 aromatic heterocycles. The fraction of sp³-hybridized carbons (Fsp3) is 0.414. The summed E-state index contributed by atoms with van der Waals surface area (Å²) in [6.45, 7) is 0.133. The van der Waals surface area contributed by atoms with Gasteiger partial charge in [-0.05, 0) is 48.1 Å². The highest BCUT2D eigenvalue weighted by Gasteiger charge is 2.38. The minimum Gasteiger partial charge on any atom is -0.508 e. The second-order valence-electron chi connectivity index (χ2n) is 10.1. The van der Waals surface area contributed by atoms with Gasteiger partial charge in [0.2, 0.25) is 17.7 Å². The van der Waals surface area contributed by atoms with Gasteiger partial charge in [-0.15, -0.1) is 0 Å². The molecule has 1 saturated heterocycles. The molecule has 3 atom stereocenters. The highest BCUT2D eigenvalue weighted by Crippen LogP contribution is 2.24. The van der Waals surface area contributed by atoms with E-state index in [0.29, 0.717) is 41.9 Å². The third-order valence-corrected chi connectivity index (χ3v) is 8.90. The molecule has 3 rings (SSSR count). The molecule has 3 amide bonds. The van der Waals surface area contributed by atoms with E-state index < -0.39 is 42.1 Å². The quantitative estimate of drug-likeness (QED) is 0.210. The van der Waals surface area contributed by atoms with E-state index in [1.165, 1.54) is 12.1 Å². The number of hydrogen-bond donors (Lipinski definition) is 7. The van der Waals surface area contributed by atoms with Gasteiger partial charge in [-0.1, -0.05) is 58.0 Å². The molecule has 12 nitrogen and oxygen atoms in total. The number of carboxylic acid groups (broad SMARTS) is 2. The van der Waals surface area contributed by atoms with E-state index in [1.807, 2.05) is 0 Å². The molecule has 0 bridgehead atoms. The summed E-state index contributed by atoms with van der Waals surface area (Å²) in [7, 11) is 3.10. The molecule has 1 aliphatic rings. The van der Waals surface area contributed by atoms with Crippen LogP contribution in [-0.2, 0) is 43.4 Å². The number of amides is 3. The molecule has 0 unspecified atom stereocenters. The Morgan fingerprint density at radius 3 is 2.11 bits per heavy atom. The zero-order chi connectivity index (χ0) is 34.3. The molecule has 1 heterocycles. The van der Waals surface area contributed by atoms with Crippen LogP contribution in [0, 0.1) is 0 Å². The highest BCUT2D eigenvalue weighted by molar-refractivity contribution is 8.76. The van der Waals surface area contributed by atoms with Gasteiger partial charge in [0.25, 0.3) is 0 Å². The lowest BCUT2D eigenvalue weighted by molar-refractivity contribution is -0.192. The second kappa shape index (κ2) is 18.9. The van der Waals surface area contributed by atoms with E-state index >= 15 is 0 Å². The van der Waals surface area contributed by atoms with Crippen molar-refractivity contribution in [3.05, 3.63) is 65.2 Å². The Hall–Kier alpha value is -3.96. The fourth-order valence-corrected chi connectivity index (χ4v) is 6.31. The number of alkyl halides is 3. The number of rotatable bonds is 7. The molecule has 0 saturated carbocycles. The summed E-state index contributed by atoms with van der Waals surface area (Å²) in [6.07, 6.45) is -4.09. The van der Waals surface area contributed by atoms with Crippen LogP contribution in [0.1, 0.15) is 36.0 Å². The second-order valence-corrected chi connectivity index (χ2v) is 12.8. The van der Waals surface area contributed by atoms with Gasteiger partial charge in [0.05, 0.1) is 12.5 Å². The van der Waals surface area contributed by atoms with Crippen molar-refractivity contribution in [3.63, 3.8) is 0 Å². The van der Waals surface area contributed by atoms with Crippen molar-refractivity contribution in [3.8, 4) is 5.75 Å². The molecule has 252 valence electrons. The SMILES string of the molecule is N[C@H]1CCSSCC[C@H](C(=O)NCc2ccccc2CC(=O)O)NC(=O)C[C@H](Cc2ccc(O)cc2)NC1=O.O=C(O)C(F)(F)F. The summed E-state index contributed by atoms with van der Waals surface area (Å²) in [5, 5.41) is 34.4. The van der Waals surface area contributed by atoms with Crippen LogP contribution in [0.15, 0.2) is 48.5 Å². The maximum absolute atomic E-state index is 13.1. The van der Waals surface area contributed by atoms with Crippen LogP contribution in [0.3, 0.4) is 0 Å². The van der Waals surface area contributed by atoms with Crippen molar-refractivity contribution in [2.75, 3.05) is 11.5 Å². The first kappa shape index (κ1) is 38.2. The standard InChI is InChI=1S/C27H34N4O6S2.C2HF3O2/c28-22-9-11-38-39-12-10-23(27(37)29-16-19-4-2-1-3-18(19)14-25(34)35)31-24(33)15-20(30-26(22)36)13-17-5-7-21(32)8-6-17;3-2(4,5)1(6)7/h1-8,20,22-23,32H,9-16,28H2,(H,29,37)(H,30,36)(H,31,33)(H,34,35);(H,6,7)/t20-,22-,23+;/m0./s1. The number of carbonyl (C=O) groups is 5. The maximum atomic E-state index is 13.1. The normalized spacial score (nSPS) is 19.7. The third kappa shape index (κ3) is 14.4. The van der Waals surface area contributed by atoms with Crippen LogP contribution in [0.25, 0.3) is 0 Å². The minimum atomic E-state index is -5.08. The Morgan fingerprint density at radius 1 is 0.935 bits per heavy atom. The van der Waals surface area contributed by atoms with Crippen LogP contribution in [0.2, 0.25) is 0 Å². The lowest BCUT2D eigenvalue weighted by Gasteiger charge is -2.24. The summed E-state index contributed by atoms with van der Waals surface area (Å²) in [6, 6.07) is 11.4. The van der Waals surface area contributed by atoms with Crippen LogP contribution in [0.4, 0.5) is 13.2 Å². The molecule has 2 aromatic rings. The monoisotopic (exact) mass is 688 g/mol. The van der Waals surface area contributed by atoms with Gasteiger partial charge < -0.3 is 37.0 Å². The Balaban J connectivity index is 0.000000942. The first-order valence-electron chi connectivity index (χ1n) is 13.9. The van der Waals surface area contributed by atoms with Gasteiger partial charge in [0.1, 0.15) is 11.8 Å². The highest BCUT2D eigenvalue weighted by atomic mass is 33.1. The smallest absolute Gasteiger partial charge is 0.490 e. The number of nitrogens with two attached hydrogens (primary N) is 1. The fourth-order valence-electron chi connectivity index (χ4n) is 4.11. The van der Waals surface area contributed by atoms with E-state index in [0.717, 1.165) is 5.56 Å². The summed E-state index contributed by atoms with van der Waals surface area (Å²) in [5.41, 5.74) is 8.19. The maximum Gasteiger partial charge on any atom is 0.490 e. The molecular formula is C29H35F3N4O8S2. The van der Waals surface area contributed by atoms with Crippen molar-refractivity contribution in [2.45, 2.75) is 63.0 Å². The summed E-state index contributed by atoms with van der Waals surface area (Å²) in [5.74, 6) is -3.46. The number of phenolic OH excluding ortho intramolecular Hbond substituents is 1. The van der Waals surface area contributed by atoms with Gasteiger partial charge in [0, 0.05) is 30.5 Å². The lowest BCUT2D eigenvalue weighted by atomic mass is 10.0. The van der Waals surface area contributed by atoms with Gasteiger partial charge >= 0.3 is 18.1 Å². The number of halogens is 3. The number of nitrogens with one attached hydrogen (secondary N) is 3. The Kier molecular flexibility index (Phi) is 15.7. The Morgan fingerprint density at radius 2 is 1.52 bits per heavy atom. The average molecular weight is 689 g/mol. The minimum absolute atomic E-state index is 0.0630. The van der Waals surface area contributed by atoms with Gasteiger partial charge in [-0.25, -0.2) is 4.79 Å². The van der Waals surface area contributed by atoms with Crippen molar-refractivity contribution < 1.29 is 52.5 Å². The zero-order valence-electron chi connectivity index (χ0n) is 24.4. The molecular weight excluding hydrogens is 653 g/mol. The Labute approximate surface area is 270 Å². The average Bonchev–Trinajstić information content (AvgIpc) is 2.97. The number of phenols is 1. The van der Waals surface area contributed by atoms with Crippen LogP contribution < -0.4 is 21.7 Å². The van der Waals surface area contributed by atoms with Crippen LogP contribution in [0.5, 0.6) is 5.75 Å². The zero-order valence-corrected chi connectivity index (χ0v) is 26.1. The topological polar surface area (TPSA) is 208 Å². The molecule has 0 radical (unpaired) electrons. The van der Waals surface area contributed by atoms with Gasteiger partial charge in [-0.3, -0.25) is 19.2 Å². The molecule has 17 heteroatoms. The first-order chi connectivity index (χ1) is 21.6. The number of carboxylic acids is 2. The molecule has 0 aliphatic carbocycles. The lowest BCUT2D eigenvalue weighted by Crippen LogP contribution is -2.51. The first-order valence-corrected chi connectivity index (χ1v) is 16.4. The molecule has 1 fully saturated rings. The van der Waals surface area contributed by atoms with E-state index in [-0.39, 0.29) is 37.0 Å². The van der Waals surface area contributed by atoms with Crippen molar-refractivity contribution >= 4 is 51.2 Å². The Bertz CT molecular complexity index is 1350. The van der Waals surface area contributed by atoms with E-state index in [9.17, 15) is 37.5 Å². The summed E-state index contributed by atoms with van der Waals surface area (Å²) >= 11 is 0. The largest absolute Gasteiger partial charge is 0.508 e. The molecule has 1 aliphatic heterocycles. The van der Waals surface area contributed by atoms with Crippen LogP contribution >= 0.6 is 21.6 Å². The van der Waals surface area contributed by atoms with Crippen LogP contribution in [-0.4, -0.2) is 80.8 Å². The third-order valence-electron chi connectivity index (χ3n) is 6.43. The summed E-state index contributed by atoms with van der Waals surface area (Å²) < 4.78 is 31.7. The molecule has 2 aromatic carbocycles. The van der Waals surface area contributed by atoms with E-state index in [2.05, 4.69) is 16.0 Å². The van der Waals surface area contributed by atoms with Gasteiger partial charge in [-0.2, -0.15) is 13.2 Å². The predicted octanol–water partition coefficient (Wildman–Crippen LogP) is 2.37. The van der Waals surface area contributed by atoms with E-state index in [4.69, 9.17) is 20.7 Å². The number of aliphatic carboxylic acids is 2. The number of benzene rings is 2. The number of carbonyl (C=O) groups excluding carboxylic acids is 3. The van der Waals surface area contributed by atoms with E-state index in [1.54, 1.807) is 58.0 Å². The van der Waals surface area contributed by atoms with Crippen molar-refractivity contribution in [2.24, 2.45) is 5.73 Å². The van der Waals surface area contributed by atoms with Crippen molar-refractivity contribution in [1.29, 1.82) is 0 Å². The molecule has 46 heavy (non-hydrogen) atoms.